The molecule has 3 amide bonds. The molecule has 4 N–H and O–H groups in total. The summed E-state index contributed by atoms with van der Waals surface area (Å²) in [5.74, 6) is -0.873. The molecular weight excluding hydrogens is 632 g/mol. The van der Waals surface area contributed by atoms with Crippen molar-refractivity contribution in [3.8, 4) is 11.5 Å². The summed E-state index contributed by atoms with van der Waals surface area (Å²) in [6, 6.07) is 27.0. The van der Waals surface area contributed by atoms with Gasteiger partial charge >= 0.3 is 5.97 Å². The van der Waals surface area contributed by atoms with Gasteiger partial charge in [-0.15, -0.1) is 0 Å². The quantitative estimate of drug-likeness (QED) is 0.177. The molecule has 50 heavy (non-hydrogen) atoms. The van der Waals surface area contributed by atoms with Crippen LogP contribution >= 0.6 is 0 Å². The number of nitrogens with zero attached hydrogens (tertiary/aromatic N) is 1. The first-order valence-electron chi connectivity index (χ1n) is 17.0. The van der Waals surface area contributed by atoms with Gasteiger partial charge in [0.2, 0.25) is 17.7 Å². The van der Waals surface area contributed by atoms with Gasteiger partial charge in [0.15, 0.2) is 0 Å². The minimum atomic E-state index is -1.02. The third-order valence-corrected chi connectivity index (χ3v) is 9.66. The van der Waals surface area contributed by atoms with Crippen LogP contribution in [0.2, 0.25) is 0 Å². The van der Waals surface area contributed by atoms with Gasteiger partial charge in [0, 0.05) is 19.4 Å². The second kappa shape index (κ2) is 15.4. The van der Waals surface area contributed by atoms with Crippen molar-refractivity contribution in [2.75, 3.05) is 7.05 Å². The zero-order valence-corrected chi connectivity index (χ0v) is 28.2. The van der Waals surface area contributed by atoms with Gasteiger partial charge < -0.3 is 30.7 Å². The van der Waals surface area contributed by atoms with Crippen LogP contribution in [0, 0.1) is 0 Å². The van der Waals surface area contributed by atoms with Crippen molar-refractivity contribution >= 4 is 23.7 Å². The highest BCUT2D eigenvalue weighted by Crippen LogP contribution is 2.31. The smallest absolute Gasteiger partial charge is 0.335 e. The largest absolute Gasteiger partial charge is 0.478 e. The number of hydrogen-bond acceptors (Lipinski definition) is 6. The first kappa shape index (κ1) is 34.4. The number of carboxylic acid groups (broad SMARTS) is 1. The predicted molar refractivity (Wildman–Crippen MR) is 189 cm³/mol. The summed E-state index contributed by atoms with van der Waals surface area (Å²) < 4.78 is 5.89. The SMILES string of the molecule is CN[C@@H](C)C(=O)N[C@@H](Cc1ccc(Oc2ccc(C(=O)O)cc2)cc1)C(=O)N1Cc2ccccc2C[C@H]1C(=O)N[C@@H]1CCCc2ccccc21. The van der Waals surface area contributed by atoms with Gasteiger partial charge in [0.1, 0.15) is 23.6 Å². The molecule has 4 aromatic carbocycles. The molecule has 4 atom stereocenters. The van der Waals surface area contributed by atoms with Crippen LogP contribution in [0.3, 0.4) is 0 Å². The van der Waals surface area contributed by atoms with Crippen LogP contribution in [0.25, 0.3) is 0 Å². The molecule has 0 radical (unpaired) electrons. The Morgan fingerprint density at radius 1 is 0.860 bits per heavy atom. The van der Waals surface area contributed by atoms with Gasteiger partial charge in [-0.25, -0.2) is 4.79 Å². The zero-order valence-electron chi connectivity index (χ0n) is 28.2. The summed E-state index contributed by atoms with van der Waals surface area (Å²) >= 11 is 0. The van der Waals surface area contributed by atoms with Gasteiger partial charge in [0.25, 0.3) is 0 Å². The van der Waals surface area contributed by atoms with Crippen LogP contribution in [0.15, 0.2) is 97.1 Å². The minimum Gasteiger partial charge on any atom is -0.478 e. The lowest BCUT2D eigenvalue weighted by Gasteiger charge is -2.39. The van der Waals surface area contributed by atoms with E-state index in [1.807, 2.05) is 48.5 Å². The highest BCUT2D eigenvalue weighted by molar-refractivity contribution is 5.94. The zero-order chi connectivity index (χ0) is 35.2. The number of aromatic carboxylic acids is 1. The number of aryl methyl sites for hydroxylation is 1. The number of ether oxygens (including phenoxy) is 1. The second-order valence-electron chi connectivity index (χ2n) is 13.0. The Labute approximate surface area is 291 Å². The number of benzene rings is 4. The van der Waals surface area contributed by atoms with Crippen LogP contribution < -0.4 is 20.7 Å². The van der Waals surface area contributed by atoms with Crippen LogP contribution in [-0.2, 0) is 40.2 Å². The van der Waals surface area contributed by atoms with Crippen molar-refractivity contribution in [1.82, 2.24) is 20.9 Å². The summed E-state index contributed by atoms with van der Waals surface area (Å²) in [6.45, 7) is 1.97. The van der Waals surface area contributed by atoms with Crippen LogP contribution in [0.4, 0.5) is 0 Å². The Hall–Kier alpha value is -5.48. The summed E-state index contributed by atoms with van der Waals surface area (Å²) in [5, 5.41) is 18.3. The molecule has 6 rings (SSSR count). The number of rotatable bonds is 11. The van der Waals surface area contributed by atoms with E-state index in [-0.39, 0.29) is 42.3 Å². The maximum absolute atomic E-state index is 14.6. The molecule has 2 aliphatic rings. The van der Waals surface area contributed by atoms with Crippen molar-refractivity contribution in [1.29, 1.82) is 0 Å². The van der Waals surface area contributed by atoms with Crippen molar-refractivity contribution < 1.29 is 29.0 Å². The number of carboxylic acids is 1. The fourth-order valence-corrected chi connectivity index (χ4v) is 6.72. The summed E-state index contributed by atoms with van der Waals surface area (Å²) in [5.41, 5.74) is 5.30. The van der Waals surface area contributed by atoms with Crippen molar-refractivity contribution in [2.45, 2.75) is 69.7 Å². The Bertz CT molecular complexity index is 1860. The Morgan fingerprint density at radius 3 is 2.18 bits per heavy atom. The standard InChI is InChI=1S/C40H42N4O6/c1-25(41-2)37(45)43-35(22-26-14-18-31(19-15-26)50-32-20-16-28(17-21-32)40(48)49)39(47)44-24-30-10-4-3-9-29(30)23-36(44)38(46)42-34-13-7-11-27-8-5-6-12-33(27)34/h3-6,8-10,12,14-21,25,34-36,41H,7,11,13,22-24H2,1-2H3,(H,42,46)(H,43,45)(H,48,49)/t25-,34+,35-,36-/m0/s1. The Balaban J connectivity index is 1.24. The van der Waals surface area contributed by atoms with Crippen molar-refractivity contribution in [3.05, 3.63) is 130 Å². The Morgan fingerprint density at radius 2 is 1.50 bits per heavy atom. The number of fused-ring (bicyclic) bond motifs is 2. The Kier molecular flexibility index (Phi) is 10.6. The first-order chi connectivity index (χ1) is 24.2. The first-order valence-corrected chi connectivity index (χ1v) is 17.0. The summed E-state index contributed by atoms with van der Waals surface area (Å²) in [7, 11) is 1.68. The van der Waals surface area contributed by atoms with E-state index in [1.54, 1.807) is 43.1 Å². The fraction of sp³-hybridized carbons (Fsp3) is 0.300. The molecule has 1 aliphatic heterocycles. The maximum atomic E-state index is 14.6. The van der Waals surface area contributed by atoms with E-state index in [0.29, 0.717) is 17.9 Å². The molecule has 0 fully saturated rings. The van der Waals surface area contributed by atoms with E-state index in [2.05, 4.69) is 28.1 Å². The van der Waals surface area contributed by atoms with Gasteiger partial charge in [-0.05, 0) is 97.4 Å². The average Bonchev–Trinajstić information content (AvgIpc) is 3.14. The summed E-state index contributed by atoms with van der Waals surface area (Å²) in [4.78, 5) is 54.7. The van der Waals surface area contributed by atoms with Crippen LogP contribution in [0.5, 0.6) is 11.5 Å². The topological polar surface area (TPSA) is 137 Å². The second-order valence-corrected chi connectivity index (χ2v) is 13.0. The molecule has 0 spiro atoms. The van der Waals surface area contributed by atoms with Crippen molar-refractivity contribution in [2.24, 2.45) is 0 Å². The molecule has 0 aromatic heterocycles. The highest BCUT2D eigenvalue weighted by atomic mass is 16.5. The lowest BCUT2D eigenvalue weighted by atomic mass is 9.87. The monoisotopic (exact) mass is 674 g/mol. The van der Waals surface area contributed by atoms with E-state index < -0.39 is 24.1 Å². The van der Waals surface area contributed by atoms with Gasteiger partial charge in [-0.2, -0.15) is 0 Å². The molecule has 1 heterocycles. The number of carbonyl (C=O) groups excluding carboxylic acids is 3. The fourth-order valence-electron chi connectivity index (χ4n) is 6.72. The molecule has 0 bridgehead atoms. The molecule has 258 valence electrons. The van der Waals surface area contributed by atoms with Gasteiger partial charge in [-0.3, -0.25) is 14.4 Å². The average molecular weight is 675 g/mol. The number of likely N-dealkylation sites (N-methyl/N-ethyl adjacent to an activating group) is 1. The van der Waals surface area contributed by atoms with E-state index in [4.69, 9.17) is 9.84 Å². The normalized spacial score (nSPS) is 17.8. The lowest BCUT2D eigenvalue weighted by molar-refractivity contribution is -0.145. The molecule has 10 heteroatoms. The summed E-state index contributed by atoms with van der Waals surface area (Å²) in [6.07, 6.45) is 3.33. The van der Waals surface area contributed by atoms with Crippen LogP contribution in [0.1, 0.15) is 64.0 Å². The number of carbonyl (C=O) groups is 4. The predicted octanol–water partition coefficient (Wildman–Crippen LogP) is 4.96. The van der Waals surface area contributed by atoms with E-state index in [1.165, 1.54) is 17.7 Å². The molecular formula is C40H42N4O6. The van der Waals surface area contributed by atoms with Gasteiger partial charge in [-0.1, -0.05) is 60.7 Å². The van der Waals surface area contributed by atoms with Crippen molar-refractivity contribution in [3.63, 3.8) is 0 Å². The number of amides is 3. The van der Waals surface area contributed by atoms with Gasteiger partial charge in [0.05, 0.1) is 17.6 Å². The van der Waals surface area contributed by atoms with Crippen LogP contribution in [-0.4, -0.2) is 58.9 Å². The molecule has 0 unspecified atom stereocenters. The van der Waals surface area contributed by atoms with E-state index in [9.17, 15) is 19.2 Å². The minimum absolute atomic E-state index is 0.135. The molecule has 4 aromatic rings. The third-order valence-electron chi connectivity index (χ3n) is 9.66. The molecule has 10 nitrogen and oxygen atoms in total. The third kappa shape index (κ3) is 7.87. The molecule has 0 saturated carbocycles. The number of hydrogen-bond donors (Lipinski definition) is 4. The molecule has 1 aliphatic carbocycles. The van der Waals surface area contributed by atoms with E-state index in [0.717, 1.165) is 41.5 Å². The maximum Gasteiger partial charge on any atom is 0.335 e. The highest BCUT2D eigenvalue weighted by Gasteiger charge is 2.39. The molecule has 0 saturated heterocycles. The number of nitrogens with one attached hydrogen (secondary N) is 3. The van der Waals surface area contributed by atoms with E-state index >= 15 is 0 Å². The lowest BCUT2D eigenvalue weighted by Crippen LogP contribution is -2.59.